The van der Waals surface area contributed by atoms with Crippen LogP contribution >= 0.6 is 11.6 Å². The lowest BCUT2D eigenvalue weighted by atomic mass is 9.74. The van der Waals surface area contributed by atoms with Crippen molar-refractivity contribution < 1.29 is 14.0 Å². The van der Waals surface area contributed by atoms with Crippen LogP contribution in [0, 0.1) is 5.41 Å². The molecule has 6 heterocycles. The van der Waals surface area contributed by atoms with Crippen molar-refractivity contribution in [2.75, 3.05) is 13.1 Å². The molecule has 1 N–H and O–H groups in total. The van der Waals surface area contributed by atoms with Crippen LogP contribution in [0.15, 0.2) is 87.3 Å². The normalized spacial score (nSPS) is 25.4. The molecule has 1 saturated carbocycles. The minimum atomic E-state index is -0.679. The number of aromatic amines is 1. The molecule has 2 aliphatic carbocycles. The minimum Gasteiger partial charge on any atom is -0.341 e. The van der Waals surface area contributed by atoms with Gasteiger partial charge in [0.05, 0.1) is 53.5 Å². The molecule has 0 aromatic carbocycles. The second-order valence-corrected chi connectivity index (χ2v) is 11.4. The minimum absolute atomic E-state index is 0.117. The predicted octanol–water partition coefficient (Wildman–Crippen LogP) is 4.44. The Labute approximate surface area is 227 Å². The van der Waals surface area contributed by atoms with Gasteiger partial charge in [-0.2, -0.15) is 0 Å². The number of carbonyl (C=O) groups excluding carboxylic acids is 2. The Hall–Kier alpha value is -4.11. The average Bonchev–Trinajstić information content (AvgIpc) is 3.24. The molecular formula is C29H22ClFN6O2. The van der Waals surface area contributed by atoms with Gasteiger partial charge in [0.15, 0.2) is 5.78 Å². The smallest absolute Gasteiger partial charge is 0.223 e. The van der Waals surface area contributed by atoms with E-state index in [2.05, 4.69) is 15.0 Å². The van der Waals surface area contributed by atoms with Gasteiger partial charge >= 0.3 is 0 Å². The number of rotatable bonds is 2. The number of hydrogen-bond donors (Lipinski definition) is 1. The maximum Gasteiger partial charge on any atom is 0.223 e. The number of ketones is 1. The third-order valence-electron chi connectivity index (χ3n) is 8.71. The van der Waals surface area contributed by atoms with E-state index in [9.17, 15) is 9.59 Å². The number of aromatic nitrogens is 4. The Bertz CT molecular complexity index is 1780. The van der Waals surface area contributed by atoms with E-state index in [0.29, 0.717) is 30.9 Å². The topological polar surface area (TPSA) is 95.7 Å². The summed E-state index contributed by atoms with van der Waals surface area (Å²) < 4.78 is 17.2. The number of nitrogens with zero attached hydrogens (tertiary/aromatic N) is 5. The van der Waals surface area contributed by atoms with E-state index in [0.717, 1.165) is 46.8 Å². The third-order valence-corrected chi connectivity index (χ3v) is 9.00. The van der Waals surface area contributed by atoms with Crippen molar-refractivity contribution in [1.29, 1.82) is 0 Å². The number of aliphatic imine (C=N–C) groups is 1. The number of imidazole rings is 2. The number of amides is 1. The quantitative estimate of drug-likeness (QED) is 0.520. The summed E-state index contributed by atoms with van der Waals surface area (Å²) in [6, 6.07) is 3.84. The lowest BCUT2D eigenvalue weighted by molar-refractivity contribution is -0.129. The zero-order valence-electron chi connectivity index (χ0n) is 20.7. The van der Waals surface area contributed by atoms with Crippen LogP contribution in [0.3, 0.4) is 0 Å². The first-order valence-corrected chi connectivity index (χ1v) is 13.3. The maximum atomic E-state index is 15.3. The molecule has 8 rings (SSSR count). The van der Waals surface area contributed by atoms with Crippen LogP contribution in [0.1, 0.15) is 31.0 Å². The zero-order chi connectivity index (χ0) is 26.5. The zero-order valence-corrected chi connectivity index (χ0v) is 21.5. The van der Waals surface area contributed by atoms with Crippen molar-refractivity contribution in [2.45, 2.75) is 31.2 Å². The highest BCUT2D eigenvalue weighted by Crippen LogP contribution is 2.62. The monoisotopic (exact) mass is 540 g/mol. The Morgan fingerprint density at radius 3 is 2.87 bits per heavy atom. The van der Waals surface area contributed by atoms with Gasteiger partial charge < -0.3 is 14.3 Å². The number of pyridine rings is 1. The fraction of sp³-hybridized carbons (Fsp3) is 0.276. The molecule has 1 saturated heterocycles. The third kappa shape index (κ3) is 3.32. The summed E-state index contributed by atoms with van der Waals surface area (Å²) in [5.41, 5.74) is 4.94. The summed E-state index contributed by atoms with van der Waals surface area (Å²) >= 11 is 6.54. The van der Waals surface area contributed by atoms with Gasteiger partial charge in [0.2, 0.25) is 5.91 Å². The summed E-state index contributed by atoms with van der Waals surface area (Å²) in [4.78, 5) is 44.8. The van der Waals surface area contributed by atoms with Crippen LogP contribution in [-0.2, 0) is 9.59 Å². The highest BCUT2D eigenvalue weighted by Gasteiger charge is 2.62. The molecule has 1 amide bonds. The molecule has 5 aliphatic rings. The number of carbonyl (C=O) groups is 2. The average molecular weight is 541 g/mol. The van der Waals surface area contributed by atoms with Gasteiger partial charge in [-0.25, -0.2) is 14.4 Å². The number of halogens is 2. The number of nitrogens with one attached hydrogen (secondary N) is 1. The number of fused-ring (bicyclic) bond motifs is 6. The van der Waals surface area contributed by atoms with Crippen LogP contribution in [-0.4, -0.2) is 61.3 Å². The molecule has 0 radical (unpaired) electrons. The Morgan fingerprint density at radius 2 is 2.03 bits per heavy atom. The molecule has 1 unspecified atom stereocenters. The van der Waals surface area contributed by atoms with E-state index in [-0.39, 0.29) is 28.0 Å². The van der Waals surface area contributed by atoms with Gasteiger partial charge in [0.25, 0.3) is 0 Å². The Morgan fingerprint density at radius 1 is 1.15 bits per heavy atom. The van der Waals surface area contributed by atoms with Crippen LogP contribution in [0.5, 0.6) is 0 Å². The van der Waals surface area contributed by atoms with Gasteiger partial charge in [0, 0.05) is 48.0 Å². The fourth-order valence-corrected chi connectivity index (χ4v) is 7.09. The fourth-order valence-electron chi connectivity index (χ4n) is 6.83. The van der Waals surface area contributed by atoms with Crippen molar-refractivity contribution >= 4 is 35.0 Å². The van der Waals surface area contributed by atoms with Gasteiger partial charge in [-0.15, -0.1) is 0 Å². The van der Waals surface area contributed by atoms with Gasteiger partial charge in [-0.05, 0) is 47.8 Å². The van der Waals surface area contributed by atoms with E-state index in [1.54, 1.807) is 18.7 Å². The first kappa shape index (κ1) is 22.8. The molecule has 194 valence electrons. The van der Waals surface area contributed by atoms with Gasteiger partial charge in [-0.1, -0.05) is 11.6 Å². The van der Waals surface area contributed by atoms with Crippen molar-refractivity contribution in [3.8, 4) is 11.3 Å². The van der Waals surface area contributed by atoms with Crippen molar-refractivity contribution in [3.63, 3.8) is 0 Å². The van der Waals surface area contributed by atoms with Crippen molar-refractivity contribution in [1.82, 2.24) is 24.3 Å². The number of allylic oxidation sites excluding steroid dienone is 6. The van der Waals surface area contributed by atoms with Gasteiger partial charge in [-0.3, -0.25) is 14.6 Å². The van der Waals surface area contributed by atoms with E-state index < -0.39 is 17.5 Å². The van der Waals surface area contributed by atoms with E-state index in [1.165, 1.54) is 12.3 Å². The molecule has 0 bridgehead atoms. The second kappa shape index (κ2) is 7.95. The summed E-state index contributed by atoms with van der Waals surface area (Å²) in [6.45, 7) is 0.691. The first-order valence-electron chi connectivity index (χ1n) is 12.9. The largest absolute Gasteiger partial charge is 0.341 e. The van der Waals surface area contributed by atoms with Crippen LogP contribution < -0.4 is 0 Å². The van der Waals surface area contributed by atoms with Gasteiger partial charge in [0.1, 0.15) is 11.7 Å². The molecule has 3 aromatic heterocycles. The number of H-pyrrole nitrogens is 1. The SMILES string of the molecule is O=C1C=C(F)C2=C(Cl)C=NCC3=C(C2=C1)C(c1ncc(-c2ccc4cncn4c2)[nH]1)CN1C(=O)CC2(CC2)[C@@H]31. The molecule has 2 fully saturated rings. The van der Waals surface area contributed by atoms with Crippen LogP contribution in [0.2, 0.25) is 0 Å². The molecule has 10 heteroatoms. The van der Waals surface area contributed by atoms with E-state index >= 15 is 4.39 Å². The van der Waals surface area contributed by atoms with Crippen LogP contribution in [0.25, 0.3) is 16.8 Å². The molecule has 39 heavy (non-hydrogen) atoms. The maximum absolute atomic E-state index is 15.3. The molecular weight excluding hydrogens is 519 g/mol. The second-order valence-electron chi connectivity index (χ2n) is 11.0. The van der Waals surface area contributed by atoms with Crippen LogP contribution in [0.4, 0.5) is 4.39 Å². The predicted molar refractivity (Wildman–Crippen MR) is 143 cm³/mol. The molecule has 1 spiro atoms. The van der Waals surface area contributed by atoms with E-state index in [1.807, 2.05) is 27.6 Å². The lowest BCUT2D eigenvalue weighted by Crippen LogP contribution is -2.46. The molecule has 3 aromatic rings. The van der Waals surface area contributed by atoms with E-state index in [4.69, 9.17) is 16.6 Å². The Kier molecular flexibility index (Phi) is 4.66. The summed E-state index contributed by atoms with van der Waals surface area (Å²) in [7, 11) is 0. The highest BCUT2D eigenvalue weighted by atomic mass is 35.5. The Balaban J connectivity index is 1.32. The number of hydrogen-bond acceptors (Lipinski definition) is 5. The molecule has 3 aliphatic heterocycles. The lowest BCUT2D eigenvalue weighted by Gasteiger charge is -2.42. The standard InChI is InChI=1S/C29H22ClFN6O2/c30-21-10-32-9-19-25(18-5-17(38)6-22(31)26(18)21)20(13-37-24(39)7-29(3-4-29)27(19)37)28-34-11-23(35-28)15-1-2-16-8-33-14-36(16)12-15/h1-2,5-6,8,10-12,14,20,27H,3-4,7,9,13H2,(H,34,35)/t20?,27-/m1/s1. The molecule has 2 atom stereocenters. The summed E-state index contributed by atoms with van der Waals surface area (Å²) in [6.07, 6.45) is 13.6. The van der Waals surface area contributed by atoms with Crippen molar-refractivity contribution in [2.24, 2.45) is 10.4 Å². The highest BCUT2D eigenvalue weighted by molar-refractivity contribution is 6.40. The summed E-state index contributed by atoms with van der Waals surface area (Å²) in [5.74, 6) is -0.780. The summed E-state index contributed by atoms with van der Waals surface area (Å²) in [5, 5.41) is 0.146. The first-order chi connectivity index (χ1) is 18.9. The molecule has 8 nitrogen and oxygen atoms in total. The van der Waals surface area contributed by atoms with Crippen molar-refractivity contribution in [3.05, 3.63) is 88.2 Å².